The van der Waals surface area contributed by atoms with Crippen LogP contribution in [0.2, 0.25) is 5.02 Å². The van der Waals surface area contributed by atoms with Gasteiger partial charge in [-0.05, 0) is 54.3 Å². The van der Waals surface area contributed by atoms with Crippen molar-refractivity contribution in [3.8, 4) is 5.75 Å². The number of anilines is 1. The second kappa shape index (κ2) is 15.3. The Balaban J connectivity index is 1.58. The van der Waals surface area contributed by atoms with Crippen LogP contribution in [0.5, 0.6) is 5.75 Å². The van der Waals surface area contributed by atoms with E-state index in [1.54, 1.807) is 60.7 Å². The Morgan fingerprint density at radius 2 is 1.54 bits per heavy atom. The van der Waals surface area contributed by atoms with Gasteiger partial charge in [-0.1, -0.05) is 97.2 Å². The van der Waals surface area contributed by atoms with E-state index in [4.69, 9.17) is 16.3 Å². The minimum atomic E-state index is -4.21. The Morgan fingerprint density at radius 1 is 0.891 bits per heavy atom. The summed E-state index contributed by atoms with van der Waals surface area (Å²) in [7, 11) is -2.72. The lowest BCUT2D eigenvalue weighted by molar-refractivity contribution is -0.140. The third-order valence-electron chi connectivity index (χ3n) is 8.22. The maximum Gasteiger partial charge on any atom is 0.264 e. The summed E-state index contributed by atoms with van der Waals surface area (Å²) in [5, 5.41) is 3.62. The number of ether oxygens (including phenoxy) is 1. The molecule has 1 aliphatic carbocycles. The number of sulfonamides is 1. The fourth-order valence-corrected chi connectivity index (χ4v) is 7.37. The predicted molar refractivity (Wildman–Crippen MR) is 180 cm³/mol. The highest BCUT2D eigenvalue weighted by Crippen LogP contribution is 2.28. The molecular weight excluding hydrogens is 622 g/mol. The van der Waals surface area contributed by atoms with E-state index >= 15 is 0 Å². The highest BCUT2D eigenvalue weighted by atomic mass is 35.5. The Kier molecular flexibility index (Phi) is 11.0. The maximum atomic E-state index is 14.6. The Hall–Kier alpha value is -4.34. The van der Waals surface area contributed by atoms with Gasteiger partial charge in [0.15, 0.2) is 0 Å². The van der Waals surface area contributed by atoms with E-state index < -0.39 is 28.5 Å². The second-order valence-corrected chi connectivity index (χ2v) is 13.6. The molecule has 1 aliphatic rings. The van der Waals surface area contributed by atoms with Gasteiger partial charge in [0.05, 0.1) is 17.7 Å². The molecule has 240 valence electrons. The highest BCUT2D eigenvalue weighted by Gasteiger charge is 2.36. The maximum absolute atomic E-state index is 14.6. The van der Waals surface area contributed by atoms with E-state index in [9.17, 15) is 18.0 Å². The molecule has 0 saturated heterocycles. The van der Waals surface area contributed by atoms with Crippen molar-refractivity contribution < 1.29 is 22.7 Å². The van der Waals surface area contributed by atoms with Gasteiger partial charge in [-0.15, -0.1) is 0 Å². The fourth-order valence-electron chi connectivity index (χ4n) is 5.75. The lowest BCUT2D eigenvalue weighted by Crippen LogP contribution is -2.54. The first-order chi connectivity index (χ1) is 22.3. The van der Waals surface area contributed by atoms with E-state index in [1.807, 2.05) is 36.4 Å². The average Bonchev–Trinajstić information content (AvgIpc) is 3.59. The number of nitrogens with one attached hydrogen (secondary N) is 1. The van der Waals surface area contributed by atoms with E-state index in [0.29, 0.717) is 16.3 Å². The summed E-state index contributed by atoms with van der Waals surface area (Å²) in [4.78, 5) is 30.2. The Morgan fingerprint density at radius 3 is 2.22 bits per heavy atom. The largest absolute Gasteiger partial charge is 0.497 e. The van der Waals surface area contributed by atoms with Gasteiger partial charge < -0.3 is 15.0 Å². The summed E-state index contributed by atoms with van der Waals surface area (Å²) >= 11 is 6.58. The zero-order valence-electron chi connectivity index (χ0n) is 25.7. The molecule has 2 amide bonds. The van der Waals surface area contributed by atoms with Crippen LogP contribution in [0.3, 0.4) is 0 Å². The van der Waals surface area contributed by atoms with Crippen LogP contribution in [0.4, 0.5) is 5.69 Å². The molecule has 5 rings (SSSR count). The Labute approximate surface area is 276 Å². The molecule has 0 heterocycles. The van der Waals surface area contributed by atoms with Crippen LogP contribution in [0.25, 0.3) is 0 Å². The van der Waals surface area contributed by atoms with Gasteiger partial charge in [-0.3, -0.25) is 13.9 Å². The van der Waals surface area contributed by atoms with Gasteiger partial charge in [0.1, 0.15) is 18.3 Å². The fraction of sp³-hybridized carbons (Fsp3) is 0.278. The zero-order valence-corrected chi connectivity index (χ0v) is 27.3. The van der Waals surface area contributed by atoms with E-state index in [-0.39, 0.29) is 35.5 Å². The summed E-state index contributed by atoms with van der Waals surface area (Å²) in [5.74, 6) is -0.399. The van der Waals surface area contributed by atoms with Gasteiger partial charge in [0.2, 0.25) is 11.8 Å². The highest BCUT2D eigenvalue weighted by molar-refractivity contribution is 7.92. The predicted octanol–water partition coefficient (Wildman–Crippen LogP) is 6.24. The van der Waals surface area contributed by atoms with Crippen molar-refractivity contribution in [3.05, 3.63) is 125 Å². The molecule has 0 spiro atoms. The lowest BCUT2D eigenvalue weighted by atomic mass is 10.0. The normalized spacial score (nSPS) is 14.0. The first-order valence-corrected chi connectivity index (χ1v) is 17.2. The smallest absolute Gasteiger partial charge is 0.264 e. The molecular formula is C36H38ClN3O5S. The first kappa shape index (κ1) is 33.0. The van der Waals surface area contributed by atoms with E-state index in [1.165, 1.54) is 24.1 Å². The van der Waals surface area contributed by atoms with Crippen molar-refractivity contribution in [1.29, 1.82) is 0 Å². The first-order valence-electron chi connectivity index (χ1n) is 15.4. The van der Waals surface area contributed by atoms with E-state index in [0.717, 1.165) is 35.6 Å². The third kappa shape index (κ3) is 8.08. The number of benzene rings is 4. The number of nitrogens with zero attached hydrogens (tertiary/aromatic N) is 2. The van der Waals surface area contributed by atoms with Crippen LogP contribution in [0.1, 0.15) is 36.8 Å². The number of amides is 2. The molecule has 0 aromatic heterocycles. The minimum Gasteiger partial charge on any atom is -0.497 e. The van der Waals surface area contributed by atoms with Crippen molar-refractivity contribution in [3.63, 3.8) is 0 Å². The molecule has 0 bridgehead atoms. The lowest BCUT2D eigenvalue weighted by Gasteiger charge is -2.34. The quantitative estimate of drug-likeness (QED) is 0.183. The standard InChI is InChI=1S/C36H38ClN3O5S/c1-45-31-19-12-18-30(24-31)40(46(43,44)32-20-6-3-7-21-32)26-35(41)39(25-28-15-8-11-22-33(28)37)34(23-27-13-4-2-5-14-27)36(42)38-29-16-9-10-17-29/h2-8,11-15,18-22,24,29,34H,9-10,16-17,23,25-26H2,1H3,(H,38,42). The van der Waals surface area contributed by atoms with Gasteiger partial charge in [-0.2, -0.15) is 0 Å². The molecule has 0 aliphatic heterocycles. The van der Waals surface area contributed by atoms with Crippen LogP contribution in [-0.4, -0.2) is 50.9 Å². The number of hydrogen-bond acceptors (Lipinski definition) is 5. The van der Waals surface area contributed by atoms with Crippen molar-refractivity contribution in [2.24, 2.45) is 0 Å². The monoisotopic (exact) mass is 659 g/mol. The number of methoxy groups -OCH3 is 1. The molecule has 46 heavy (non-hydrogen) atoms. The van der Waals surface area contributed by atoms with Crippen molar-refractivity contribution in [2.75, 3.05) is 18.0 Å². The summed E-state index contributed by atoms with van der Waals surface area (Å²) in [6.07, 6.45) is 4.05. The van der Waals surface area contributed by atoms with Gasteiger partial charge in [0.25, 0.3) is 10.0 Å². The van der Waals surface area contributed by atoms with Crippen molar-refractivity contribution in [2.45, 2.75) is 55.6 Å². The van der Waals surface area contributed by atoms with Gasteiger partial charge >= 0.3 is 0 Å². The molecule has 0 radical (unpaired) electrons. The van der Waals surface area contributed by atoms with Crippen LogP contribution in [-0.2, 0) is 32.6 Å². The molecule has 1 atom stereocenters. The SMILES string of the molecule is COc1cccc(N(CC(=O)N(Cc2ccccc2Cl)C(Cc2ccccc2)C(=O)NC2CCCC2)S(=O)(=O)c2ccccc2)c1. The van der Waals surface area contributed by atoms with Crippen molar-refractivity contribution in [1.82, 2.24) is 10.2 Å². The zero-order chi connectivity index (χ0) is 32.5. The van der Waals surface area contributed by atoms with Crippen LogP contribution < -0.4 is 14.4 Å². The molecule has 4 aromatic rings. The van der Waals surface area contributed by atoms with Crippen LogP contribution >= 0.6 is 11.6 Å². The number of halogens is 1. The third-order valence-corrected chi connectivity index (χ3v) is 10.4. The molecule has 1 fully saturated rings. The molecule has 8 nitrogen and oxygen atoms in total. The molecule has 1 unspecified atom stereocenters. The van der Waals surface area contributed by atoms with E-state index in [2.05, 4.69) is 5.32 Å². The topological polar surface area (TPSA) is 96.0 Å². The minimum absolute atomic E-state index is 0.00539. The summed E-state index contributed by atoms with van der Waals surface area (Å²) in [6.45, 7) is -0.553. The summed E-state index contributed by atoms with van der Waals surface area (Å²) in [6, 6.07) is 30.2. The Bertz CT molecular complexity index is 1730. The van der Waals surface area contributed by atoms with Gasteiger partial charge in [-0.25, -0.2) is 8.42 Å². The second-order valence-electron chi connectivity index (χ2n) is 11.3. The average molecular weight is 660 g/mol. The van der Waals surface area contributed by atoms with Crippen LogP contribution in [0, 0.1) is 0 Å². The summed E-state index contributed by atoms with van der Waals surface area (Å²) < 4.78 is 34.7. The number of rotatable bonds is 13. The number of hydrogen-bond donors (Lipinski definition) is 1. The van der Waals surface area contributed by atoms with Crippen LogP contribution in [0.15, 0.2) is 114 Å². The molecule has 4 aromatic carbocycles. The molecule has 1 saturated carbocycles. The number of carbonyl (C=O) groups is 2. The van der Waals surface area contributed by atoms with Gasteiger partial charge in [0, 0.05) is 30.1 Å². The molecule has 10 heteroatoms. The van der Waals surface area contributed by atoms with Crippen molar-refractivity contribution >= 4 is 39.1 Å². The summed E-state index contributed by atoms with van der Waals surface area (Å²) in [5.41, 5.74) is 1.76. The number of carbonyl (C=O) groups excluding carboxylic acids is 2. The molecule has 1 N–H and O–H groups in total.